The third kappa shape index (κ3) is 2.04. The number of fused-ring (bicyclic) bond motifs is 1. The molecule has 0 bridgehead atoms. The Morgan fingerprint density at radius 3 is 2.56 bits per heavy atom. The molecule has 0 fully saturated rings. The fourth-order valence-corrected chi connectivity index (χ4v) is 1.50. The summed E-state index contributed by atoms with van der Waals surface area (Å²) in [4.78, 5) is 0. The molecule has 2 nitrogen and oxygen atoms in total. The van der Waals surface area contributed by atoms with Crippen molar-refractivity contribution in [1.29, 1.82) is 0 Å². The number of aliphatic hydroxyl groups excluding tert-OH is 1. The predicted octanol–water partition coefficient (Wildman–Crippen LogP) is 2.99. The molecule has 0 unspecified atom stereocenters. The van der Waals surface area contributed by atoms with Gasteiger partial charge in [0.25, 0.3) is 0 Å². The second kappa shape index (κ2) is 3.83. The topological polar surface area (TPSA) is 33.4 Å². The zero-order chi connectivity index (χ0) is 11.8. The molecule has 1 N–H and O–H groups in total. The SMILES string of the molecule is OCCc1cc2ccc(C(F)(F)F)cc2o1. The third-order valence-electron chi connectivity index (χ3n) is 2.26. The summed E-state index contributed by atoms with van der Waals surface area (Å²) in [6.45, 7) is -0.0913. The minimum Gasteiger partial charge on any atom is -0.461 e. The lowest BCUT2D eigenvalue weighted by Gasteiger charge is -2.04. The normalized spacial score (nSPS) is 12.2. The van der Waals surface area contributed by atoms with Gasteiger partial charge in [-0.2, -0.15) is 13.2 Å². The van der Waals surface area contributed by atoms with Gasteiger partial charge in [0, 0.05) is 11.8 Å². The monoisotopic (exact) mass is 230 g/mol. The lowest BCUT2D eigenvalue weighted by molar-refractivity contribution is -0.137. The van der Waals surface area contributed by atoms with E-state index >= 15 is 0 Å². The van der Waals surface area contributed by atoms with Gasteiger partial charge in [0.2, 0.25) is 0 Å². The van der Waals surface area contributed by atoms with Crippen LogP contribution in [0.4, 0.5) is 13.2 Å². The maximum Gasteiger partial charge on any atom is 0.416 e. The standard InChI is InChI=1S/C11H9F3O2/c12-11(13,14)8-2-1-7-5-9(3-4-15)16-10(7)6-8/h1-2,5-6,15H,3-4H2. The smallest absolute Gasteiger partial charge is 0.416 e. The maximum absolute atomic E-state index is 12.4. The summed E-state index contributed by atoms with van der Waals surface area (Å²) in [5.41, 5.74) is -0.539. The molecule has 2 aromatic rings. The van der Waals surface area contributed by atoms with Gasteiger partial charge in [0.15, 0.2) is 0 Å². The van der Waals surface area contributed by atoms with Crippen LogP contribution in [0.5, 0.6) is 0 Å². The van der Waals surface area contributed by atoms with E-state index in [2.05, 4.69) is 0 Å². The van der Waals surface area contributed by atoms with Crippen LogP contribution in [-0.4, -0.2) is 11.7 Å². The lowest BCUT2D eigenvalue weighted by atomic mass is 10.1. The molecular weight excluding hydrogens is 221 g/mol. The molecule has 0 spiro atoms. The number of alkyl halides is 3. The minimum absolute atomic E-state index is 0.0913. The van der Waals surface area contributed by atoms with E-state index in [1.807, 2.05) is 0 Å². The van der Waals surface area contributed by atoms with Gasteiger partial charge in [-0.15, -0.1) is 0 Å². The van der Waals surface area contributed by atoms with Crippen LogP contribution in [0.2, 0.25) is 0 Å². The third-order valence-corrected chi connectivity index (χ3v) is 2.26. The van der Waals surface area contributed by atoms with Crippen LogP contribution in [0.15, 0.2) is 28.7 Å². The summed E-state index contributed by atoms with van der Waals surface area (Å²) >= 11 is 0. The minimum atomic E-state index is -4.36. The van der Waals surface area contributed by atoms with E-state index in [-0.39, 0.29) is 12.2 Å². The number of aliphatic hydroxyl groups is 1. The highest BCUT2D eigenvalue weighted by molar-refractivity contribution is 5.78. The van der Waals surface area contributed by atoms with Crippen molar-refractivity contribution in [3.8, 4) is 0 Å². The number of rotatable bonds is 2. The van der Waals surface area contributed by atoms with Gasteiger partial charge in [0.1, 0.15) is 11.3 Å². The van der Waals surface area contributed by atoms with Crippen LogP contribution in [0.3, 0.4) is 0 Å². The van der Waals surface area contributed by atoms with Crippen LogP contribution < -0.4 is 0 Å². The Morgan fingerprint density at radius 2 is 1.94 bits per heavy atom. The number of furan rings is 1. The maximum atomic E-state index is 12.4. The first-order valence-corrected chi connectivity index (χ1v) is 4.71. The van der Waals surface area contributed by atoms with Crippen molar-refractivity contribution >= 4 is 11.0 Å². The van der Waals surface area contributed by atoms with Crippen molar-refractivity contribution in [2.75, 3.05) is 6.61 Å². The Balaban J connectivity index is 2.46. The van der Waals surface area contributed by atoms with Gasteiger partial charge in [-0.3, -0.25) is 0 Å². The predicted molar refractivity (Wildman–Crippen MR) is 52.0 cm³/mol. The zero-order valence-corrected chi connectivity index (χ0v) is 8.21. The Hall–Kier alpha value is -1.49. The van der Waals surface area contributed by atoms with E-state index in [1.165, 1.54) is 6.07 Å². The number of hydrogen-bond acceptors (Lipinski definition) is 2. The molecule has 0 saturated carbocycles. The molecule has 16 heavy (non-hydrogen) atoms. The van der Waals surface area contributed by atoms with Gasteiger partial charge < -0.3 is 9.52 Å². The Labute approximate surface area is 89.3 Å². The summed E-state index contributed by atoms with van der Waals surface area (Å²) in [5, 5.41) is 9.30. The molecule has 1 heterocycles. The molecule has 0 radical (unpaired) electrons. The summed E-state index contributed by atoms with van der Waals surface area (Å²) in [6.07, 6.45) is -4.06. The van der Waals surface area contributed by atoms with Gasteiger partial charge in [-0.25, -0.2) is 0 Å². The van der Waals surface area contributed by atoms with Crippen molar-refractivity contribution < 1.29 is 22.7 Å². The summed E-state index contributed by atoms with van der Waals surface area (Å²) in [6, 6.07) is 4.98. The van der Waals surface area contributed by atoms with Crippen LogP contribution in [-0.2, 0) is 12.6 Å². The van der Waals surface area contributed by atoms with Gasteiger partial charge in [-0.1, -0.05) is 6.07 Å². The Bertz CT molecular complexity index is 499. The molecule has 0 aliphatic rings. The Kier molecular flexibility index (Phi) is 2.63. The molecular formula is C11H9F3O2. The molecule has 0 aliphatic heterocycles. The average molecular weight is 230 g/mol. The van der Waals surface area contributed by atoms with E-state index in [0.717, 1.165) is 12.1 Å². The van der Waals surface area contributed by atoms with E-state index in [1.54, 1.807) is 6.07 Å². The fraction of sp³-hybridized carbons (Fsp3) is 0.273. The van der Waals surface area contributed by atoms with Crippen LogP contribution in [0.1, 0.15) is 11.3 Å². The number of hydrogen-bond donors (Lipinski definition) is 1. The summed E-state index contributed by atoms with van der Waals surface area (Å²) in [5.74, 6) is 0.483. The first kappa shape index (κ1) is 11.0. The molecule has 1 aromatic carbocycles. The molecule has 2 rings (SSSR count). The van der Waals surface area contributed by atoms with Crippen LogP contribution >= 0.6 is 0 Å². The van der Waals surface area contributed by atoms with Crippen molar-refractivity contribution in [2.45, 2.75) is 12.6 Å². The average Bonchev–Trinajstić information content (AvgIpc) is 2.57. The molecule has 0 atom stereocenters. The number of halogens is 3. The first-order chi connectivity index (χ1) is 7.50. The molecule has 86 valence electrons. The quantitative estimate of drug-likeness (QED) is 0.860. The van der Waals surface area contributed by atoms with E-state index < -0.39 is 11.7 Å². The zero-order valence-electron chi connectivity index (χ0n) is 8.21. The van der Waals surface area contributed by atoms with Crippen molar-refractivity contribution in [3.05, 3.63) is 35.6 Å². The first-order valence-electron chi connectivity index (χ1n) is 4.71. The van der Waals surface area contributed by atoms with Crippen molar-refractivity contribution in [3.63, 3.8) is 0 Å². The van der Waals surface area contributed by atoms with Crippen molar-refractivity contribution in [2.24, 2.45) is 0 Å². The second-order valence-corrected chi connectivity index (χ2v) is 3.44. The van der Waals surface area contributed by atoms with E-state index in [4.69, 9.17) is 9.52 Å². The van der Waals surface area contributed by atoms with Crippen LogP contribution in [0.25, 0.3) is 11.0 Å². The molecule has 5 heteroatoms. The summed E-state index contributed by atoms with van der Waals surface area (Å²) < 4.78 is 42.4. The molecule has 0 saturated heterocycles. The largest absolute Gasteiger partial charge is 0.461 e. The molecule has 0 aliphatic carbocycles. The fourth-order valence-electron chi connectivity index (χ4n) is 1.50. The highest BCUT2D eigenvalue weighted by atomic mass is 19.4. The van der Waals surface area contributed by atoms with Crippen molar-refractivity contribution in [1.82, 2.24) is 0 Å². The van der Waals surface area contributed by atoms with Gasteiger partial charge in [-0.05, 0) is 18.2 Å². The summed E-state index contributed by atoms with van der Waals surface area (Å²) in [7, 11) is 0. The lowest BCUT2D eigenvalue weighted by Crippen LogP contribution is -2.03. The van der Waals surface area contributed by atoms with Gasteiger partial charge >= 0.3 is 6.18 Å². The molecule has 1 aromatic heterocycles. The second-order valence-electron chi connectivity index (χ2n) is 3.44. The van der Waals surface area contributed by atoms with Gasteiger partial charge in [0.05, 0.1) is 12.2 Å². The van der Waals surface area contributed by atoms with E-state index in [0.29, 0.717) is 17.6 Å². The Morgan fingerprint density at radius 1 is 1.19 bits per heavy atom. The van der Waals surface area contributed by atoms with Crippen LogP contribution in [0, 0.1) is 0 Å². The highest BCUT2D eigenvalue weighted by Gasteiger charge is 2.30. The number of benzene rings is 1. The van der Waals surface area contributed by atoms with E-state index in [9.17, 15) is 13.2 Å². The highest BCUT2D eigenvalue weighted by Crippen LogP contribution is 2.32. The molecule has 0 amide bonds.